The normalized spacial score (nSPS) is 10.6. The van der Waals surface area contributed by atoms with E-state index in [9.17, 15) is 9.18 Å². The molecule has 0 saturated heterocycles. The van der Waals surface area contributed by atoms with Gasteiger partial charge in [0.2, 0.25) is 5.91 Å². The van der Waals surface area contributed by atoms with E-state index in [4.69, 9.17) is 4.42 Å². The van der Waals surface area contributed by atoms with Crippen LogP contribution in [0.5, 0.6) is 0 Å². The lowest BCUT2D eigenvalue weighted by atomic mass is 10.2. The first-order valence-electron chi connectivity index (χ1n) is 7.30. The summed E-state index contributed by atoms with van der Waals surface area (Å²) in [5.41, 5.74) is 0.754. The highest BCUT2D eigenvalue weighted by Gasteiger charge is 2.09. The van der Waals surface area contributed by atoms with Crippen LogP contribution in [0.15, 0.2) is 40.1 Å². The lowest BCUT2D eigenvalue weighted by Gasteiger charge is -2.02. The zero-order valence-corrected chi connectivity index (χ0v) is 13.3. The smallest absolute Gasteiger partial charge is 0.256 e. The van der Waals surface area contributed by atoms with Gasteiger partial charge in [-0.2, -0.15) is 0 Å². The molecule has 1 aromatic carbocycles. The van der Waals surface area contributed by atoms with Gasteiger partial charge in [0.1, 0.15) is 5.82 Å². The Hall–Kier alpha value is -1.82. The van der Waals surface area contributed by atoms with Gasteiger partial charge in [-0.3, -0.25) is 4.79 Å². The molecule has 1 N–H and O–H groups in total. The highest BCUT2D eigenvalue weighted by atomic mass is 32.2. The summed E-state index contributed by atoms with van der Waals surface area (Å²) in [6, 6.07) is 6.00. The average molecular weight is 322 g/mol. The molecule has 0 aliphatic heterocycles. The fraction of sp³-hybridized carbons (Fsp3) is 0.375. The van der Waals surface area contributed by atoms with Crippen LogP contribution in [0, 0.1) is 5.82 Å². The molecule has 6 heteroatoms. The largest absolute Gasteiger partial charge is 0.431 e. The van der Waals surface area contributed by atoms with E-state index in [1.165, 1.54) is 23.9 Å². The van der Waals surface area contributed by atoms with Crippen LogP contribution in [0.1, 0.15) is 26.2 Å². The minimum absolute atomic E-state index is 0.0253. The molecule has 0 aliphatic carbocycles. The number of unbranched alkanes of at least 4 members (excludes halogenated alkanes) is 2. The Morgan fingerprint density at radius 2 is 2.09 bits per heavy atom. The summed E-state index contributed by atoms with van der Waals surface area (Å²) < 4.78 is 18.4. The van der Waals surface area contributed by atoms with Crippen molar-refractivity contribution >= 4 is 17.7 Å². The van der Waals surface area contributed by atoms with E-state index in [2.05, 4.69) is 17.2 Å². The zero-order valence-electron chi connectivity index (χ0n) is 12.5. The second-order valence-corrected chi connectivity index (χ2v) is 5.77. The third-order valence-corrected chi connectivity index (χ3v) is 3.88. The second-order valence-electron chi connectivity index (χ2n) is 4.84. The predicted molar refractivity (Wildman–Crippen MR) is 85.2 cm³/mol. The van der Waals surface area contributed by atoms with E-state index in [1.54, 1.807) is 18.3 Å². The van der Waals surface area contributed by atoms with Crippen molar-refractivity contribution in [3.05, 3.63) is 36.3 Å². The number of amides is 1. The van der Waals surface area contributed by atoms with Gasteiger partial charge in [-0.25, -0.2) is 9.37 Å². The van der Waals surface area contributed by atoms with Gasteiger partial charge >= 0.3 is 0 Å². The maximum Gasteiger partial charge on any atom is 0.256 e. The van der Waals surface area contributed by atoms with Crippen LogP contribution in [0.2, 0.25) is 0 Å². The van der Waals surface area contributed by atoms with Crippen LogP contribution >= 0.6 is 11.8 Å². The fourth-order valence-electron chi connectivity index (χ4n) is 1.85. The molecule has 1 aromatic heterocycles. The molecule has 1 amide bonds. The Balaban J connectivity index is 1.79. The Morgan fingerprint density at radius 3 is 2.82 bits per heavy atom. The number of rotatable bonds is 8. The molecule has 0 fully saturated rings. The Bertz CT molecular complexity index is 598. The number of oxazole rings is 1. The molecule has 0 aliphatic rings. The third kappa shape index (κ3) is 5.18. The van der Waals surface area contributed by atoms with Crippen LogP contribution in [0.3, 0.4) is 0 Å². The summed E-state index contributed by atoms with van der Waals surface area (Å²) in [7, 11) is 0. The number of carbonyl (C=O) groups excluding carboxylic acids is 1. The first-order chi connectivity index (χ1) is 10.7. The molecule has 0 bridgehead atoms. The molecular formula is C16H19FN2O2S. The van der Waals surface area contributed by atoms with Crippen LogP contribution in [0.25, 0.3) is 11.3 Å². The third-order valence-electron chi connectivity index (χ3n) is 3.04. The van der Waals surface area contributed by atoms with Gasteiger partial charge in [-0.05, 0) is 30.7 Å². The molecule has 4 nitrogen and oxygen atoms in total. The number of thioether (sulfide) groups is 1. The maximum absolute atomic E-state index is 12.9. The van der Waals surface area contributed by atoms with E-state index in [0.29, 0.717) is 17.5 Å². The summed E-state index contributed by atoms with van der Waals surface area (Å²) in [4.78, 5) is 15.8. The SMILES string of the molecule is CCCCCNC(=O)CSc1ncc(-c2ccc(F)cc2)o1. The molecular weight excluding hydrogens is 303 g/mol. The van der Waals surface area contributed by atoms with Crippen LogP contribution in [-0.2, 0) is 4.79 Å². The Morgan fingerprint density at radius 1 is 1.32 bits per heavy atom. The number of aromatic nitrogens is 1. The number of nitrogens with one attached hydrogen (secondary N) is 1. The van der Waals surface area contributed by atoms with Gasteiger partial charge in [0, 0.05) is 12.1 Å². The average Bonchev–Trinajstić information content (AvgIpc) is 2.99. The number of hydrogen-bond donors (Lipinski definition) is 1. The molecule has 0 saturated carbocycles. The van der Waals surface area contributed by atoms with Crippen molar-refractivity contribution in [2.75, 3.05) is 12.3 Å². The number of halogens is 1. The fourth-order valence-corrected chi connectivity index (χ4v) is 2.49. The van der Waals surface area contributed by atoms with Gasteiger partial charge in [0.15, 0.2) is 5.76 Å². The molecule has 2 aromatic rings. The standard InChI is InChI=1S/C16H19FN2O2S/c1-2-3-4-9-18-15(20)11-22-16-19-10-14(21-16)12-5-7-13(17)8-6-12/h5-8,10H,2-4,9,11H2,1H3,(H,18,20). The van der Waals surface area contributed by atoms with Gasteiger partial charge in [-0.15, -0.1) is 0 Å². The quantitative estimate of drug-likeness (QED) is 0.592. The van der Waals surface area contributed by atoms with Crippen molar-refractivity contribution < 1.29 is 13.6 Å². The number of hydrogen-bond acceptors (Lipinski definition) is 4. The van der Waals surface area contributed by atoms with Crippen LogP contribution in [-0.4, -0.2) is 23.2 Å². The molecule has 118 valence electrons. The van der Waals surface area contributed by atoms with Gasteiger partial charge in [-0.1, -0.05) is 31.5 Å². The molecule has 1 heterocycles. The molecule has 0 spiro atoms. The van der Waals surface area contributed by atoms with Crippen molar-refractivity contribution in [2.24, 2.45) is 0 Å². The van der Waals surface area contributed by atoms with Gasteiger partial charge < -0.3 is 9.73 Å². The summed E-state index contributed by atoms with van der Waals surface area (Å²) in [6.07, 6.45) is 4.83. The number of carbonyl (C=O) groups is 1. The van der Waals surface area contributed by atoms with Crippen molar-refractivity contribution in [2.45, 2.75) is 31.4 Å². The Kier molecular flexibility index (Phi) is 6.45. The first kappa shape index (κ1) is 16.5. The topological polar surface area (TPSA) is 55.1 Å². The van der Waals surface area contributed by atoms with Crippen molar-refractivity contribution in [3.63, 3.8) is 0 Å². The highest BCUT2D eigenvalue weighted by Crippen LogP contribution is 2.25. The summed E-state index contributed by atoms with van der Waals surface area (Å²) in [6.45, 7) is 2.83. The van der Waals surface area contributed by atoms with Crippen LogP contribution in [0.4, 0.5) is 4.39 Å². The Labute approximate surface area is 133 Å². The maximum atomic E-state index is 12.9. The monoisotopic (exact) mass is 322 g/mol. The van der Waals surface area contributed by atoms with E-state index >= 15 is 0 Å². The minimum Gasteiger partial charge on any atom is -0.431 e. The predicted octanol–water partition coefficient (Wildman–Crippen LogP) is 3.88. The molecule has 2 rings (SSSR count). The second kappa shape index (κ2) is 8.58. The first-order valence-corrected chi connectivity index (χ1v) is 8.29. The van der Waals surface area contributed by atoms with E-state index in [0.717, 1.165) is 24.8 Å². The molecule has 0 atom stereocenters. The molecule has 0 unspecified atom stereocenters. The lowest BCUT2D eigenvalue weighted by Crippen LogP contribution is -2.26. The number of benzene rings is 1. The molecule has 22 heavy (non-hydrogen) atoms. The van der Waals surface area contributed by atoms with Gasteiger partial charge in [0.25, 0.3) is 5.22 Å². The molecule has 0 radical (unpaired) electrons. The van der Waals surface area contributed by atoms with Crippen molar-refractivity contribution in [3.8, 4) is 11.3 Å². The summed E-state index contributed by atoms with van der Waals surface area (Å²) in [5.74, 6) is 0.515. The lowest BCUT2D eigenvalue weighted by molar-refractivity contribution is -0.118. The summed E-state index contributed by atoms with van der Waals surface area (Å²) >= 11 is 1.25. The minimum atomic E-state index is -0.294. The van der Waals surface area contributed by atoms with Gasteiger partial charge in [0.05, 0.1) is 11.9 Å². The zero-order chi connectivity index (χ0) is 15.8. The van der Waals surface area contributed by atoms with E-state index in [1.807, 2.05) is 0 Å². The van der Waals surface area contributed by atoms with Crippen molar-refractivity contribution in [1.29, 1.82) is 0 Å². The van der Waals surface area contributed by atoms with Crippen LogP contribution < -0.4 is 5.32 Å². The summed E-state index contributed by atoms with van der Waals surface area (Å²) in [5, 5.41) is 3.29. The van der Waals surface area contributed by atoms with E-state index in [-0.39, 0.29) is 17.5 Å². The number of nitrogens with zero attached hydrogens (tertiary/aromatic N) is 1. The van der Waals surface area contributed by atoms with E-state index < -0.39 is 0 Å². The van der Waals surface area contributed by atoms with Crippen molar-refractivity contribution in [1.82, 2.24) is 10.3 Å². The highest BCUT2D eigenvalue weighted by molar-refractivity contribution is 7.99.